The summed E-state index contributed by atoms with van der Waals surface area (Å²) < 4.78 is 23.3. The Hall–Kier alpha value is -2.66. The third-order valence-corrected chi connectivity index (χ3v) is 4.51. The molecular formula is C22H21BrO4. The van der Waals surface area contributed by atoms with Crippen molar-refractivity contribution in [1.29, 1.82) is 0 Å². The highest BCUT2D eigenvalue weighted by molar-refractivity contribution is 9.10. The summed E-state index contributed by atoms with van der Waals surface area (Å²) in [6, 6.07) is 21.3. The van der Waals surface area contributed by atoms with Gasteiger partial charge in [-0.1, -0.05) is 40.2 Å². The first-order chi connectivity index (χ1) is 13.2. The van der Waals surface area contributed by atoms with Crippen LogP contribution in [0.1, 0.15) is 11.1 Å². The molecule has 0 fully saturated rings. The number of ether oxygens (including phenoxy) is 4. The summed E-state index contributed by atoms with van der Waals surface area (Å²) in [6.45, 7) is 0.893. The molecule has 0 aliphatic heterocycles. The summed E-state index contributed by atoms with van der Waals surface area (Å²) in [5, 5.41) is 0. The van der Waals surface area contributed by atoms with Gasteiger partial charge in [0.15, 0.2) is 11.5 Å². The molecule has 3 aromatic rings. The highest BCUT2D eigenvalue weighted by Crippen LogP contribution is 2.32. The number of methoxy groups -OCH3 is 2. The molecule has 140 valence electrons. The molecule has 0 bridgehead atoms. The highest BCUT2D eigenvalue weighted by atomic mass is 79.9. The molecule has 0 spiro atoms. The standard InChI is InChI=1S/C22H21BrO4/c1-24-19-8-3-16(4-9-19)14-26-21-12-7-18(23)13-22(21)27-15-17-5-10-20(25-2)11-6-17/h3-13H,14-15H2,1-2H3. The van der Waals surface area contributed by atoms with Gasteiger partial charge in [-0.3, -0.25) is 0 Å². The minimum Gasteiger partial charge on any atom is -0.497 e. The van der Waals surface area contributed by atoms with Gasteiger partial charge in [0.2, 0.25) is 0 Å². The van der Waals surface area contributed by atoms with Crippen LogP contribution in [0.3, 0.4) is 0 Å². The van der Waals surface area contributed by atoms with Gasteiger partial charge in [0.25, 0.3) is 0 Å². The van der Waals surface area contributed by atoms with Crippen molar-refractivity contribution in [2.45, 2.75) is 13.2 Å². The molecule has 0 amide bonds. The van der Waals surface area contributed by atoms with E-state index >= 15 is 0 Å². The number of rotatable bonds is 8. The Labute approximate surface area is 167 Å². The van der Waals surface area contributed by atoms with Gasteiger partial charge in [-0.15, -0.1) is 0 Å². The van der Waals surface area contributed by atoms with Gasteiger partial charge in [0.1, 0.15) is 24.7 Å². The van der Waals surface area contributed by atoms with E-state index in [0.29, 0.717) is 24.7 Å². The first-order valence-corrected chi connectivity index (χ1v) is 9.28. The number of hydrogen-bond acceptors (Lipinski definition) is 4. The molecule has 5 heteroatoms. The predicted octanol–water partition coefficient (Wildman–Crippen LogP) is 5.62. The lowest BCUT2D eigenvalue weighted by atomic mass is 10.2. The average molecular weight is 429 g/mol. The van der Waals surface area contributed by atoms with Crippen molar-refractivity contribution in [3.63, 3.8) is 0 Å². The van der Waals surface area contributed by atoms with Crippen LogP contribution < -0.4 is 18.9 Å². The molecule has 0 aliphatic carbocycles. The highest BCUT2D eigenvalue weighted by Gasteiger charge is 2.08. The second-order valence-electron chi connectivity index (χ2n) is 5.86. The average Bonchev–Trinajstić information content (AvgIpc) is 2.72. The van der Waals surface area contributed by atoms with E-state index in [9.17, 15) is 0 Å². The SMILES string of the molecule is COc1ccc(COc2ccc(Br)cc2OCc2ccc(OC)cc2)cc1. The Kier molecular flexibility index (Phi) is 6.60. The van der Waals surface area contributed by atoms with Gasteiger partial charge in [-0.2, -0.15) is 0 Å². The zero-order valence-corrected chi connectivity index (χ0v) is 16.9. The molecule has 0 aromatic heterocycles. The van der Waals surface area contributed by atoms with Crippen molar-refractivity contribution in [3.05, 3.63) is 82.3 Å². The van der Waals surface area contributed by atoms with Gasteiger partial charge >= 0.3 is 0 Å². The first-order valence-electron chi connectivity index (χ1n) is 8.49. The molecule has 3 aromatic carbocycles. The van der Waals surface area contributed by atoms with Crippen LogP contribution in [0.25, 0.3) is 0 Å². The smallest absolute Gasteiger partial charge is 0.162 e. The van der Waals surface area contributed by atoms with E-state index in [1.807, 2.05) is 66.7 Å². The third-order valence-electron chi connectivity index (χ3n) is 4.01. The lowest BCUT2D eigenvalue weighted by Crippen LogP contribution is -2.01. The minimum atomic E-state index is 0.444. The van der Waals surface area contributed by atoms with Crippen LogP contribution >= 0.6 is 15.9 Å². The second-order valence-corrected chi connectivity index (χ2v) is 6.78. The Morgan fingerprint density at radius 3 is 1.59 bits per heavy atom. The lowest BCUT2D eigenvalue weighted by Gasteiger charge is -2.14. The summed E-state index contributed by atoms with van der Waals surface area (Å²) >= 11 is 3.49. The molecule has 27 heavy (non-hydrogen) atoms. The first kappa shape index (κ1) is 19.1. The molecule has 0 heterocycles. The Morgan fingerprint density at radius 1 is 0.630 bits per heavy atom. The monoisotopic (exact) mass is 428 g/mol. The summed E-state index contributed by atoms with van der Waals surface area (Å²) in [7, 11) is 3.30. The van der Waals surface area contributed by atoms with Crippen LogP contribution in [0, 0.1) is 0 Å². The fourth-order valence-corrected chi connectivity index (χ4v) is 2.82. The topological polar surface area (TPSA) is 36.9 Å². The number of benzene rings is 3. The maximum Gasteiger partial charge on any atom is 0.162 e. The van der Waals surface area contributed by atoms with Crippen molar-refractivity contribution in [2.75, 3.05) is 14.2 Å². The van der Waals surface area contributed by atoms with E-state index in [-0.39, 0.29) is 0 Å². The minimum absolute atomic E-state index is 0.444. The fourth-order valence-electron chi connectivity index (χ4n) is 2.48. The van der Waals surface area contributed by atoms with E-state index in [0.717, 1.165) is 27.1 Å². The maximum atomic E-state index is 5.99. The number of hydrogen-bond donors (Lipinski definition) is 0. The zero-order valence-electron chi connectivity index (χ0n) is 15.3. The van der Waals surface area contributed by atoms with E-state index in [2.05, 4.69) is 15.9 Å². The summed E-state index contributed by atoms with van der Waals surface area (Å²) in [5.74, 6) is 3.03. The van der Waals surface area contributed by atoms with Gasteiger partial charge < -0.3 is 18.9 Å². The predicted molar refractivity (Wildman–Crippen MR) is 109 cm³/mol. The van der Waals surface area contributed by atoms with Crippen LogP contribution in [0.15, 0.2) is 71.2 Å². The molecule has 0 unspecified atom stereocenters. The van der Waals surface area contributed by atoms with Gasteiger partial charge in [-0.25, -0.2) is 0 Å². The zero-order chi connectivity index (χ0) is 19.1. The van der Waals surface area contributed by atoms with Crippen LogP contribution in [-0.4, -0.2) is 14.2 Å². The molecule has 0 aliphatic rings. The van der Waals surface area contributed by atoms with Crippen LogP contribution in [0.4, 0.5) is 0 Å². The van der Waals surface area contributed by atoms with Gasteiger partial charge in [-0.05, 0) is 53.6 Å². The summed E-state index contributed by atoms with van der Waals surface area (Å²) in [6.07, 6.45) is 0. The van der Waals surface area contributed by atoms with Gasteiger partial charge in [0.05, 0.1) is 14.2 Å². The van der Waals surface area contributed by atoms with Gasteiger partial charge in [0, 0.05) is 4.47 Å². The fraction of sp³-hybridized carbons (Fsp3) is 0.182. The van der Waals surface area contributed by atoms with Crippen LogP contribution in [0.2, 0.25) is 0 Å². The molecular weight excluding hydrogens is 408 g/mol. The van der Waals surface area contributed by atoms with Crippen molar-refractivity contribution < 1.29 is 18.9 Å². The normalized spacial score (nSPS) is 10.3. The van der Waals surface area contributed by atoms with Crippen molar-refractivity contribution in [2.24, 2.45) is 0 Å². The maximum absolute atomic E-state index is 5.99. The lowest BCUT2D eigenvalue weighted by molar-refractivity contribution is 0.255. The number of halogens is 1. The van der Waals surface area contributed by atoms with E-state index < -0.39 is 0 Å². The van der Waals surface area contributed by atoms with Crippen molar-refractivity contribution >= 4 is 15.9 Å². The molecule has 0 N–H and O–H groups in total. The largest absolute Gasteiger partial charge is 0.497 e. The third kappa shape index (κ3) is 5.41. The van der Waals surface area contributed by atoms with E-state index in [1.54, 1.807) is 14.2 Å². The second kappa shape index (κ2) is 9.33. The Balaban J connectivity index is 1.66. The summed E-state index contributed by atoms with van der Waals surface area (Å²) in [5.41, 5.74) is 2.11. The molecule has 4 nitrogen and oxygen atoms in total. The van der Waals surface area contributed by atoms with Crippen LogP contribution in [0.5, 0.6) is 23.0 Å². The molecule has 3 rings (SSSR count). The molecule has 0 atom stereocenters. The Morgan fingerprint density at radius 2 is 1.11 bits per heavy atom. The van der Waals surface area contributed by atoms with E-state index in [1.165, 1.54) is 0 Å². The van der Waals surface area contributed by atoms with E-state index in [4.69, 9.17) is 18.9 Å². The Bertz CT molecular complexity index is 860. The molecule has 0 saturated heterocycles. The molecule has 0 radical (unpaired) electrons. The quantitative estimate of drug-likeness (QED) is 0.466. The molecule has 0 saturated carbocycles. The van der Waals surface area contributed by atoms with Crippen LogP contribution in [-0.2, 0) is 13.2 Å². The summed E-state index contributed by atoms with van der Waals surface area (Å²) in [4.78, 5) is 0. The van der Waals surface area contributed by atoms with Crippen molar-refractivity contribution in [3.8, 4) is 23.0 Å². The van der Waals surface area contributed by atoms with Crippen molar-refractivity contribution in [1.82, 2.24) is 0 Å².